The number of hydrogen-bond donors (Lipinski definition) is 3. The highest BCUT2D eigenvalue weighted by Gasteiger charge is 2.22. The van der Waals surface area contributed by atoms with E-state index in [1.54, 1.807) is 0 Å². The first-order chi connectivity index (χ1) is 17.3. The maximum Gasteiger partial charge on any atom is 0.345 e. The fourth-order valence-electron chi connectivity index (χ4n) is 4.42. The molecular weight excluding hydrogens is 470 g/mol. The lowest BCUT2D eigenvalue weighted by molar-refractivity contribution is -0.142. The van der Waals surface area contributed by atoms with E-state index in [1.165, 1.54) is 5.56 Å². The van der Waals surface area contributed by atoms with Crippen LogP contribution in [0.5, 0.6) is 0 Å². The molecule has 0 fully saturated rings. The fourth-order valence-corrected chi connectivity index (χ4v) is 4.42. The first-order valence-corrected chi connectivity index (χ1v) is 13.2. The van der Waals surface area contributed by atoms with Crippen molar-refractivity contribution in [3.05, 3.63) is 23.4 Å². The van der Waals surface area contributed by atoms with Crippen LogP contribution in [0.1, 0.15) is 70.1 Å². The summed E-state index contributed by atoms with van der Waals surface area (Å²) in [4.78, 5) is 30.7. The number of nitrogens with zero attached hydrogens (tertiary/aromatic N) is 2. The Morgan fingerprint density at radius 2 is 1.97 bits per heavy atom. The molecule has 2 heterocycles. The number of aryl methyl sites for hydroxylation is 2. The Kier molecular flexibility index (Phi) is 13.6. The van der Waals surface area contributed by atoms with Gasteiger partial charge in [0.1, 0.15) is 11.9 Å². The van der Waals surface area contributed by atoms with Gasteiger partial charge in [-0.3, -0.25) is 4.79 Å². The van der Waals surface area contributed by atoms with E-state index in [2.05, 4.69) is 27.5 Å². The highest BCUT2D eigenvalue weighted by Crippen LogP contribution is 2.20. The van der Waals surface area contributed by atoms with Crippen molar-refractivity contribution in [1.29, 1.82) is 0 Å². The summed E-state index contributed by atoms with van der Waals surface area (Å²) in [6, 6.07) is 3.17. The fraction of sp³-hybridized carbons (Fsp3) is 0.731. The Labute approximate surface area is 213 Å². The second kappa shape index (κ2) is 16.4. The minimum absolute atomic E-state index is 0.144. The van der Waals surface area contributed by atoms with Crippen LogP contribution in [0.25, 0.3) is 0 Å². The van der Waals surface area contributed by atoms with Crippen LogP contribution < -0.4 is 10.6 Å². The molecule has 1 unspecified atom stereocenters. The summed E-state index contributed by atoms with van der Waals surface area (Å²) in [6.07, 6.45) is 6.84. The second-order valence-corrected chi connectivity index (χ2v) is 9.40. The molecule has 36 heavy (non-hydrogen) atoms. The van der Waals surface area contributed by atoms with Gasteiger partial charge in [0.2, 0.25) is 5.91 Å². The van der Waals surface area contributed by atoms with E-state index in [-0.39, 0.29) is 31.4 Å². The van der Waals surface area contributed by atoms with Crippen LogP contribution in [0.2, 0.25) is 0 Å². The molecule has 1 aliphatic heterocycles. The zero-order valence-electron chi connectivity index (χ0n) is 21.6. The van der Waals surface area contributed by atoms with Crippen molar-refractivity contribution in [2.24, 2.45) is 5.92 Å². The second-order valence-electron chi connectivity index (χ2n) is 9.40. The number of pyridine rings is 1. The lowest BCUT2D eigenvalue weighted by Gasteiger charge is -2.24. The van der Waals surface area contributed by atoms with Gasteiger partial charge in [0.05, 0.1) is 6.61 Å². The monoisotopic (exact) mass is 512 g/mol. The van der Waals surface area contributed by atoms with Gasteiger partial charge in [0, 0.05) is 31.7 Å². The minimum Gasteiger partial charge on any atom is -0.480 e. The van der Waals surface area contributed by atoms with Crippen molar-refractivity contribution >= 4 is 17.7 Å². The standard InChI is InChI=1S/C26H42F2N4O4/c1-3-19(4-2)18-23(33)31-22(25(34)35)12-15-32(16-17-36-26(27)28)14-6-5-9-21-11-10-20-8-7-13-29-24(20)30-21/h10-11,19,22,26H,3-9,12-18H2,1-2H3,(H,29,30)(H,31,33)(H,34,35). The summed E-state index contributed by atoms with van der Waals surface area (Å²) < 4.78 is 29.3. The molecule has 1 amide bonds. The molecule has 0 bridgehead atoms. The van der Waals surface area contributed by atoms with E-state index in [0.717, 1.165) is 63.0 Å². The SMILES string of the molecule is CCC(CC)CC(=O)NC(CCN(CCCCc1ccc2c(n1)NCCC2)CCOC(F)F)C(=O)O. The van der Waals surface area contributed by atoms with E-state index < -0.39 is 18.6 Å². The number of carboxylic acid groups (broad SMARTS) is 1. The van der Waals surface area contributed by atoms with Crippen LogP contribution in [-0.4, -0.2) is 72.3 Å². The van der Waals surface area contributed by atoms with Gasteiger partial charge in [-0.05, 0) is 62.6 Å². The molecule has 0 spiro atoms. The third kappa shape index (κ3) is 11.2. The van der Waals surface area contributed by atoms with E-state index in [0.29, 0.717) is 19.5 Å². The summed E-state index contributed by atoms with van der Waals surface area (Å²) in [7, 11) is 0. The maximum atomic E-state index is 12.4. The van der Waals surface area contributed by atoms with Crippen LogP contribution in [0.4, 0.5) is 14.6 Å². The number of anilines is 1. The van der Waals surface area contributed by atoms with Crippen molar-refractivity contribution < 1.29 is 28.2 Å². The normalized spacial score (nSPS) is 14.1. The predicted octanol–water partition coefficient (Wildman–Crippen LogP) is 4.09. The molecule has 1 aromatic heterocycles. The molecule has 2 rings (SSSR count). The molecule has 1 aliphatic rings. The number of aromatic nitrogens is 1. The number of ether oxygens (including phenoxy) is 1. The van der Waals surface area contributed by atoms with Crippen LogP contribution in [-0.2, 0) is 27.2 Å². The Balaban J connectivity index is 1.84. The molecule has 204 valence electrons. The lowest BCUT2D eigenvalue weighted by atomic mass is 9.99. The number of hydrogen-bond acceptors (Lipinski definition) is 6. The molecule has 0 radical (unpaired) electrons. The van der Waals surface area contributed by atoms with Crippen molar-refractivity contribution in [3.63, 3.8) is 0 Å². The minimum atomic E-state index is -2.84. The predicted molar refractivity (Wildman–Crippen MR) is 135 cm³/mol. The average molecular weight is 513 g/mol. The summed E-state index contributed by atoms with van der Waals surface area (Å²) in [6.45, 7) is 3.20. The number of alkyl halides is 2. The van der Waals surface area contributed by atoms with Crippen molar-refractivity contribution in [2.45, 2.75) is 84.3 Å². The van der Waals surface area contributed by atoms with Gasteiger partial charge >= 0.3 is 12.6 Å². The number of carbonyl (C=O) groups is 2. The summed E-state index contributed by atoms with van der Waals surface area (Å²) in [5.41, 5.74) is 2.26. The number of carboxylic acids is 1. The molecule has 8 nitrogen and oxygen atoms in total. The van der Waals surface area contributed by atoms with Gasteiger partial charge in [-0.2, -0.15) is 8.78 Å². The largest absolute Gasteiger partial charge is 0.480 e. The number of aliphatic carboxylic acids is 1. The number of rotatable bonds is 18. The smallest absolute Gasteiger partial charge is 0.345 e. The molecule has 3 N–H and O–H groups in total. The highest BCUT2D eigenvalue weighted by molar-refractivity contribution is 5.83. The first kappa shape index (κ1) is 29.9. The maximum absolute atomic E-state index is 12.4. The molecule has 10 heteroatoms. The zero-order chi connectivity index (χ0) is 26.3. The number of amides is 1. The van der Waals surface area contributed by atoms with Crippen LogP contribution in [0.3, 0.4) is 0 Å². The van der Waals surface area contributed by atoms with Crippen LogP contribution >= 0.6 is 0 Å². The van der Waals surface area contributed by atoms with Crippen LogP contribution in [0.15, 0.2) is 12.1 Å². The van der Waals surface area contributed by atoms with Crippen molar-refractivity contribution in [2.75, 3.05) is 38.1 Å². The lowest BCUT2D eigenvalue weighted by Crippen LogP contribution is -2.44. The van der Waals surface area contributed by atoms with E-state index in [9.17, 15) is 23.5 Å². The van der Waals surface area contributed by atoms with Gasteiger partial charge in [-0.1, -0.05) is 32.8 Å². The number of unbranched alkanes of at least 4 members (excludes halogenated alkanes) is 1. The number of nitrogens with one attached hydrogen (secondary N) is 2. The Hall–Kier alpha value is -2.33. The summed E-state index contributed by atoms with van der Waals surface area (Å²) in [5, 5.41) is 15.6. The molecule has 0 saturated heterocycles. The molecule has 0 aromatic carbocycles. The number of carbonyl (C=O) groups excluding carboxylic acids is 1. The molecule has 0 aliphatic carbocycles. The Bertz CT molecular complexity index is 808. The van der Waals surface area contributed by atoms with Crippen LogP contribution in [0, 0.1) is 5.92 Å². The van der Waals surface area contributed by atoms with Gasteiger partial charge in [0.15, 0.2) is 0 Å². The Morgan fingerprint density at radius 3 is 2.67 bits per heavy atom. The van der Waals surface area contributed by atoms with Crippen molar-refractivity contribution in [3.8, 4) is 0 Å². The highest BCUT2D eigenvalue weighted by atomic mass is 19.3. The van der Waals surface area contributed by atoms with Gasteiger partial charge in [-0.15, -0.1) is 0 Å². The number of halogens is 2. The molecular formula is C26H42F2N4O4. The molecule has 0 saturated carbocycles. The topological polar surface area (TPSA) is 104 Å². The summed E-state index contributed by atoms with van der Waals surface area (Å²) >= 11 is 0. The third-order valence-corrected chi connectivity index (χ3v) is 6.76. The molecule has 1 atom stereocenters. The Morgan fingerprint density at radius 1 is 1.19 bits per heavy atom. The van der Waals surface area contributed by atoms with E-state index in [1.807, 2.05) is 18.7 Å². The van der Waals surface area contributed by atoms with Gasteiger partial charge in [-0.25, -0.2) is 9.78 Å². The van der Waals surface area contributed by atoms with Gasteiger partial charge in [0.25, 0.3) is 0 Å². The molecule has 1 aromatic rings. The van der Waals surface area contributed by atoms with E-state index in [4.69, 9.17) is 4.98 Å². The average Bonchev–Trinajstić information content (AvgIpc) is 2.86. The third-order valence-electron chi connectivity index (χ3n) is 6.76. The zero-order valence-corrected chi connectivity index (χ0v) is 21.6. The van der Waals surface area contributed by atoms with E-state index >= 15 is 0 Å². The quantitative estimate of drug-likeness (QED) is 0.255. The first-order valence-electron chi connectivity index (χ1n) is 13.2. The summed E-state index contributed by atoms with van der Waals surface area (Å²) in [5.74, 6) is -0.169. The number of fused-ring (bicyclic) bond motifs is 1. The van der Waals surface area contributed by atoms with Crippen molar-refractivity contribution in [1.82, 2.24) is 15.2 Å². The van der Waals surface area contributed by atoms with Gasteiger partial charge < -0.3 is 25.4 Å².